The molecule has 1 aliphatic heterocycles. The number of nitrogens with one attached hydrogen (secondary N) is 1. The fourth-order valence-corrected chi connectivity index (χ4v) is 3.48. The van der Waals surface area contributed by atoms with Crippen molar-refractivity contribution in [3.63, 3.8) is 0 Å². The maximum atomic E-state index is 13.3. The highest BCUT2D eigenvalue weighted by Crippen LogP contribution is 2.26. The molecule has 0 spiro atoms. The standard InChI is InChI=1S/C21H22FN5/c22-17-8-6-16(7-9-17)20(27-13-3-4-14-27)15-25-21-24-12-10-19(26-21)18-5-1-2-11-23-18/h1-2,5-12,20H,3-4,13-15H2,(H,24,25,26)/t20-/m1/s1. The molecule has 1 saturated heterocycles. The lowest BCUT2D eigenvalue weighted by atomic mass is 10.1. The third-order valence-electron chi connectivity index (χ3n) is 4.87. The lowest BCUT2D eigenvalue weighted by Gasteiger charge is -2.28. The molecule has 1 aliphatic rings. The summed E-state index contributed by atoms with van der Waals surface area (Å²) in [4.78, 5) is 15.7. The Morgan fingerprint density at radius 3 is 2.48 bits per heavy atom. The largest absolute Gasteiger partial charge is 0.352 e. The van der Waals surface area contributed by atoms with Crippen molar-refractivity contribution >= 4 is 5.95 Å². The topological polar surface area (TPSA) is 53.9 Å². The first-order valence-electron chi connectivity index (χ1n) is 9.27. The maximum absolute atomic E-state index is 13.3. The lowest BCUT2D eigenvalue weighted by molar-refractivity contribution is 0.255. The molecule has 0 aliphatic carbocycles. The molecule has 0 radical (unpaired) electrons. The van der Waals surface area contributed by atoms with Gasteiger partial charge in [0.25, 0.3) is 0 Å². The van der Waals surface area contributed by atoms with E-state index >= 15 is 0 Å². The monoisotopic (exact) mass is 363 g/mol. The molecule has 1 fully saturated rings. The summed E-state index contributed by atoms with van der Waals surface area (Å²) in [6, 6.07) is 14.5. The van der Waals surface area contributed by atoms with E-state index in [1.54, 1.807) is 12.4 Å². The van der Waals surface area contributed by atoms with Gasteiger partial charge in [0.1, 0.15) is 5.82 Å². The van der Waals surface area contributed by atoms with Crippen LogP contribution in [0.3, 0.4) is 0 Å². The number of benzene rings is 1. The summed E-state index contributed by atoms with van der Waals surface area (Å²) >= 11 is 0. The maximum Gasteiger partial charge on any atom is 0.223 e. The molecule has 0 saturated carbocycles. The van der Waals surface area contributed by atoms with Gasteiger partial charge in [-0.25, -0.2) is 14.4 Å². The van der Waals surface area contributed by atoms with Crippen LogP contribution in [0.4, 0.5) is 10.3 Å². The number of rotatable bonds is 6. The zero-order valence-corrected chi connectivity index (χ0v) is 15.1. The van der Waals surface area contributed by atoms with E-state index in [0.717, 1.165) is 30.0 Å². The Morgan fingerprint density at radius 2 is 1.74 bits per heavy atom. The molecule has 5 nitrogen and oxygen atoms in total. The Bertz CT molecular complexity index is 863. The van der Waals surface area contributed by atoms with Gasteiger partial charge in [-0.3, -0.25) is 9.88 Å². The number of hydrogen-bond acceptors (Lipinski definition) is 5. The summed E-state index contributed by atoms with van der Waals surface area (Å²) in [6.45, 7) is 2.77. The van der Waals surface area contributed by atoms with Crippen LogP contribution in [0.25, 0.3) is 11.4 Å². The second-order valence-corrected chi connectivity index (χ2v) is 6.67. The molecule has 6 heteroatoms. The Balaban J connectivity index is 1.51. The molecule has 138 valence electrons. The molecule has 0 amide bonds. The van der Waals surface area contributed by atoms with E-state index < -0.39 is 0 Å². The molecule has 0 unspecified atom stereocenters. The number of pyridine rings is 1. The van der Waals surface area contributed by atoms with E-state index in [1.165, 1.54) is 25.0 Å². The van der Waals surface area contributed by atoms with Crippen molar-refractivity contribution < 1.29 is 4.39 Å². The van der Waals surface area contributed by atoms with Gasteiger partial charge in [0.15, 0.2) is 0 Å². The van der Waals surface area contributed by atoms with Crippen LogP contribution in [0.15, 0.2) is 60.9 Å². The summed E-state index contributed by atoms with van der Waals surface area (Å²) in [5.74, 6) is 0.364. The fourth-order valence-electron chi connectivity index (χ4n) is 3.48. The first-order chi connectivity index (χ1) is 13.3. The van der Waals surface area contributed by atoms with Gasteiger partial charge in [0.2, 0.25) is 5.95 Å². The normalized spacial score (nSPS) is 15.6. The smallest absolute Gasteiger partial charge is 0.223 e. The van der Waals surface area contributed by atoms with Crippen LogP contribution in [0, 0.1) is 5.82 Å². The van der Waals surface area contributed by atoms with Crippen molar-refractivity contribution in [1.82, 2.24) is 19.9 Å². The SMILES string of the molecule is Fc1ccc([C@@H](CNc2nccc(-c3ccccn3)n2)N2CCCC2)cc1. The van der Waals surface area contributed by atoms with Crippen molar-refractivity contribution in [2.45, 2.75) is 18.9 Å². The number of hydrogen-bond donors (Lipinski definition) is 1. The van der Waals surface area contributed by atoms with Crippen molar-refractivity contribution in [2.24, 2.45) is 0 Å². The quantitative estimate of drug-likeness (QED) is 0.719. The summed E-state index contributed by atoms with van der Waals surface area (Å²) in [5, 5.41) is 3.36. The van der Waals surface area contributed by atoms with Gasteiger partial charge in [-0.1, -0.05) is 18.2 Å². The van der Waals surface area contributed by atoms with E-state index in [1.807, 2.05) is 36.4 Å². The van der Waals surface area contributed by atoms with E-state index in [4.69, 9.17) is 0 Å². The van der Waals surface area contributed by atoms with Crippen LogP contribution in [0.5, 0.6) is 0 Å². The molecule has 27 heavy (non-hydrogen) atoms. The average Bonchev–Trinajstić information content (AvgIpc) is 3.25. The molecule has 2 aromatic heterocycles. The molecule has 1 atom stereocenters. The van der Waals surface area contributed by atoms with Crippen molar-refractivity contribution in [2.75, 3.05) is 25.0 Å². The first kappa shape index (κ1) is 17.5. The van der Waals surface area contributed by atoms with E-state index in [0.29, 0.717) is 12.5 Å². The third-order valence-corrected chi connectivity index (χ3v) is 4.87. The highest BCUT2D eigenvalue weighted by Gasteiger charge is 2.23. The Kier molecular flexibility index (Phi) is 5.34. The highest BCUT2D eigenvalue weighted by molar-refractivity contribution is 5.54. The highest BCUT2D eigenvalue weighted by atomic mass is 19.1. The van der Waals surface area contributed by atoms with Crippen LogP contribution in [0.2, 0.25) is 0 Å². The van der Waals surface area contributed by atoms with Gasteiger partial charge >= 0.3 is 0 Å². The minimum absolute atomic E-state index is 0.162. The van der Waals surface area contributed by atoms with Gasteiger partial charge in [-0.15, -0.1) is 0 Å². The Labute approximate surface area is 158 Å². The number of nitrogens with zero attached hydrogens (tertiary/aromatic N) is 4. The van der Waals surface area contributed by atoms with Gasteiger partial charge in [0.05, 0.1) is 17.4 Å². The summed E-state index contributed by atoms with van der Waals surface area (Å²) in [5.41, 5.74) is 2.71. The number of anilines is 1. The second kappa shape index (κ2) is 8.22. The van der Waals surface area contributed by atoms with E-state index in [9.17, 15) is 4.39 Å². The van der Waals surface area contributed by atoms with Crippen molar-refractivity contribution in [3.05, 3.63) is 72.3 Å². The fraction of sp³-hybridized carbons (Fsp3) is 0.286. The number of halogens is 1. The molecule has 4 rings (SSSR count). The number of likely N-dealkylation sites (tertiary alicyclic amines) is 1. The molecule has 1 N–H and O–H groups in total. The van der Waals surface area contributed by atoms with Gasteiger partial charge in [-0.2, -0.15) is 0 Å². The van der Waals surface area contributed by atoms with Gasteiger partial charge in [0, 0.05) is 18.9 Å². The van der Waals surface area contributed by atoms with Crippen molar-refractivity contribution in [1.29, 1.82) is 0 Å². The number of aromatic nitrogens is 3. The Morgan fingerprint density at radius 1 is 0.926 bits per heavy atom. The lowest BCUT2D eigenvalue weighted by Crippen LogP contribution is -2.31. The minimum Gasteiger partial charge on any atom is -0.352 e. The van der Waals surface area contributed by atoms with Crippen LogP contribution < -0.4 is 5.32 Å². The molecule has 3 heterocycles. The minimum atomic E-state index is -0.210. The predicted molar refractivity (Wildman–Crippen MR) is 104 cm³/mol. The molecular formula is C21H22FN5. The molecule has 3 aromatic rings. The molecule has 0 bridgehead atoms. The summed E-state index contributed by atoms with van der Waals surface area (Å²) in [6.07, 6.45) is 5.89. The van der Waals surface area contributed by atoms with Crippen LogP contribution in [-0.2, 0) is 0 Å². The first-order valence-corrected chi connectivity index (χ1v) is 9.27. The predicted octanol–water partition coefficient (Wildman–Crippen LogP) is 3.93. The zero-order chi connectivity index (χ0) is 18.5. The Hall–Kier alpha value is -2.86. The van der Waals surface area contributed by atoms with Crippen LogP contribution in [0.1, 0.15) is 24.4 Å². The van der Waals surface area contributed by atoms with E-state index in [2.05, 4.69) is 25.2 Å². The zero-order valence-electron chi connectivity index (χ0n) is 15.1. The summed E-state index contributed by atoms with van der Waals surface area (Å²) in [7, 11) is 0. The summed E-state index contributed by atoms with van der Waals surface area (Å²) < 4.78 is 13.3. The van der Waals surface area contributed by atoms with E-state index in [-0.39, 0.29) is 11.9 Å². The van der Waals surface area contributed by atoms with Crippen LogP contribution in [-0.4, -0.2) is 39.5 Å². The average molecular weight is 363 g/mol. The van der Waals surface area contributed by atoms with Gasteiger partial charge < -0.3 is 5.32 Å². The third kappa shape index (κ3) is 4.28. The van der Waals surface area contributed by atoms with Crippen LogP contribution >= 0.6 is 0 Å². The van der Waals surface area contributed by atoms with Crippen molar-refractivity contribution in [3.8, 4) is 11.4 Å². The van der Waals surface area contributed by atoms with Gasteiger partial charge in [-0.05, 0) is 61.8 Å². The molecular weight excluding hydrogens is 341 g/mol. The second-order valence-electron chi connectivity index (χ2n) is 6.67. The molecule has 1 aromatic carbocycles.